The van der Waals surface area contributed by atoms with Crippen LogP contribution in [0.1, 0.15) is 30.1 Å². The third-order valence-electron chi connectivity index (χ3n) is 6.78. The minimum Gasteiger partial charge on any atom is -0.492 e. The smallest absolute Gasteiger partial charge is 0.224 e. The van der Waals surface area contributed by atoms with Gasteiger partial charge >= 0.3 is 0 Å². The number of nitrogens with zero attached hydrogens (tertiary/aromatic N) is 2. The molecule has 1 amide bonds. The molecule has 1 aliphatic rings. The average molecular weight is 500 g/mol. The topological polar surface area (TPSA) is 54.5 Å². The predicted molar refractivity (Wildman–Crippen MR) is 144 cm³/mol. The molecule has 6 heteroatoms. The Kier molecular flexibility index (Phi) is 7.79. The van der Waals surface area contributed by atoms with Gasteiger partial charge in [0.15, 0.2) is 0 Å². The summed E-state index contributed by atoms with van der Waals surface area (Å²) in [5.41, 5.74) is 2.81. The van der Waals surface area contributed by atoms with Crippen molar-refractivity contribution in [3.63, 3.8) is 0 Å². The van der Waals surface area contributed by atoms with Crippen molar-refractivity contribution in [2.24, 2.45) is 5.92 Å². The van der Waals surface area contributed by atoms with E-state index in [-0.39, 0.29) is 17.9 Å². The van der Waals surface area contributed by atoms with E-state index in [2.05, 4.69) is 22.3 Å². The van der Waals surface area contributed by atoms with Gasteiger partial charge in [0, 0.05) is 22.9 Å². The van der Waals surface area contributed by atoms with E-state index in [0.717, 1.165) is 60.4 Å². The highest BCUT2D eigenvalue weighted by Gasteiger charge is 2.28. The summed E-state index contributed by atoms with van der Waals surface area (Å²) in [7, 11) is 0. The highest BCUT2D eigenvalue weighted by molar-refractivity contribution is 6.30. The number of fused-ring (bicyclic) bond motifs is 1. The van der Waals surface area contributed by atoms with Crippen LogP contribution in [0, 0.1) is 5.92 Å². The third kappa shape index (κ3) is 6.04. The fourth-order valence-corrected chi connectivity index (χ4v) is 4.84. The molecule has 1 atom stereocenters. The van der Waals surface area contributed by atoms with Crippen LogP contribution in [-0.4, -0.2) is 42.0 Å². The van der Waals surface area contributed by atoms with Gasteiger partial charge < -0.3 is 10.1 Å². The normalized spacial score (nSPS) is 15.5. The minimum atomic E-state index is -0.283. The first-order valence-corrected chi connectivity index (χ1v) is 12.9. The molecule has 0 radical (unpaired) electrons. The van der Waals surface area contributed by atoms with Gasteiger partial charge in [-0.05, 0) is 67.9 Å². The Bertz CT molecular complexity index is 1290. The molecule has 2 heterocycles. The SMILES string of the molecule is O=C(NC(c1ccccc1)c1ccc2ccccc2n1)C1CCN(CCOc2ccc(Cl)cc2)CC1. The second-order valence-electron chi connectivity index (χ2n) is 9.20. The number of likely N-dealkylation sites (tertiary alicyclic amines) is 1. The number of halogens is 1. The molecule has 1 saturated heterocycles. The Morgan fingerprint density at radius 2 is 1.67 bits per heavy atom. The third-order valence-corrected chi connectivity index (χ3v) is 7.04. The van der Waals surface area contributed by atoms with Crippen molar-refractivity contribution in [2.75, 3.05) is 26.2 Å². The fourth-order valence-electron chi connectivity index (χ4n) is 4.72. The van der Waals surface area contributed by atoms with Gasteiger partial charge in [-0.2, -0.15) is 0 Å². The number of carbonyl (C=O) groups is 1. The highest BCUT2D eigenvalue weighted by atomic mass is 35.5. The Labute approximate surface area is 217 Å². The lowest BCUT2D eigenvalue weighted by Gasteiger charge is -2.32. The van der Waals surface area contributed by atoms with Crippen molar-refractivity contribution in [2.45, 2.75) is 18.9 Å². The van der Waals surface area contributed by atoms with E-state index in [1.54, 1.807) is 0 Å². The van der Waals surface area contributed by atoms with Crippen LogP contribution >= 0.6 is 11.6 Å². The lowest BCUT2D eigenvalue weighted by molar-refractivity contribution is -0.127. The van der Waals surface area contributed by atoms with Gasteiger partial charge in [-0.1, -0.05) is 66.2 Å². The lowest BCUT2D eigenvalue weighted by atomic mass is 9.94. The molecule has 1 N–H and O–H groups in total. The van der Waals surface area contributed by atoms with Crippen molar-refractivity contribution in [3.05, 3.63) is 107 Å². The summed E-state index contributed by atoms with van der Waals surface area (Å²) < 4.78 is 5.83. The van der Waals surface area contributed by atoms with Crippen molar-refractivity contribution in [1.82, 2.24) is 15.2 Å². The maximum atomic E-state index is 13.4. The molecule has 1 aromatic heterocycles. The molecule has 0 bridgehead atoms. The Balaban J connectivity index is 1.19. The summed E-state index contributed by atoms with van der Waals surface area (Å²) >= 11 is 5.93. The lowest BCUT2D eigenvalue weighted by Crippen LogP contribution is -2.42. The van der Waals surface area contributed by atoms with Gasteiger partial charge in [0.05, 0.1) is 17.3 Å². The predicted octanol–water partition coefficient (Wildman–Crippen LogP) is 5.88. The first-order chi connectivity index (χ1) is 17.7. The van der Waals surface area contributed by atoms with Crippen LogP contribution in [0.3, 0.4) is 0 Å². The van der Waals surface area contributed by atoms with E-state index in [9.17, 15) is 4.79 Å². The summed E-state index contributed by atoms with van der Waals surface area (Å²) in [6.07, 6.45) is 1.67. The Hall–Kier alpha value is -3.41. The Morgan fingerprint density at radius 1 is 0.944 bits per heavy atom. The van der Waals surface area contributed by atoms with Crippen molar-refractivity contribution < 1.29 is 9.53 Å². The molecule has 0 aliphatic carbocycles. The second-order valence-corrected chi connectivity index (χ2v) is 9.64. The molecule has 4 aromatic rings. The van der Waals surface area contributed by atoms with E-state index in [4.69, 9.17) is 21.3 Å². The zero-order valence-electron chi connectivity index (χ0n) is 20.1. The number of piperidine rings is 1. The number of hydrogen-bond acceptors (Lipinski definition) is 4. The molecule has 5 rings (SSSR count). The number of benzene rings is 3. The number of hydrogen-bond donors (Lipinski definition) is 1. The van der Waals surface area contributed by atoms with E-state index >= 15 is 0 Å². The van der Waals surface area contributed by atoms with Gasteiger partial charge in [0.1, 0.15) is 12.4 Å². The summed E-state index contributed by atoms with van der Waals surface area (Å²) in [6, 6.07) is 29.4. The molecule has 0 spiro atoms. The van der Waals surface area contributed by atoms with Crippen LogP contribution in [0.4, 0.5) is 0 Å². The van der Waals surface area contributed by atoms with E-state index in [0.29, 0.717) is 11.6 Å². The molecule has 5 nitrogen and oxygen atoms in total. The van der Waals surface area contributed by atoms with Crippen molar-refractivity contribution in [3.8, 4) is 5.75 Å². The summed E-state index contributed by atoms with van der Waals surface area (Å²) in [5, 5.41) is 5.10. The Morgan fingerprint density at radius 3 is 2.44 bits per heavy atom. The largest absolute Gasteiger partial charge is 0.492 e. The number of pyridine rings is 1. The molecule has 1 fully saturated rings. The van der Waals surface area contributed by atoms with E-state index in [1.165, 1.54) is 0 Å². The summed E-state index contributed by atoms with van der Waals surface area (Å²) in [6.45, 7) is 3.21. The summed E-state index contributed by atoms with van der Waals surface area (Å²) in [4.78, 5) is 20.6. The average Bonchev–Trinajstić information content (AvgIpc) is 2.93. The maximum Gasteiger partial charge on any atom is 0.224 e. The molecule has 1 unspecified atom stereocenters. The number of ether oxygens (including phenoxy) is 1. The number of para-hydroxylation sites is 1. The van der Waals surface area contributed by atoms with Gasteiger partial charge in [-0.3, -0.25) is 14.7 Å². The fraction of sp³-hybridized carbons (Fsp3) is 0.267. The van der Waals surface area contributed by atoms with Crippen LogP contribution < -0.4 is 10.1 Å². The molecule has 0 saturated carbocycles. The van der Waals surface area contributed by atoms with Gasteiger partial charge in [-0.15, -0.1) is 0 Å². The molecule has 3 aromatic carbocycles. The molecule has 1 aliphatic heterocycles. The number of carbonyl (C=O) groups excluding carboxylic acids is 1. The van der Waals surface area contributed by atoms with Crippen LogP contribution in [0.5, 0.6) is 5.75 Å². The molecular weight excluding hydrogens is 470 g/mol. The second kappa shape index (κ2) is 11.5. The summed E-state index contributed by atoms with van der Waals surface area (Å²) in [5.74, 6) is 0.906. The first-order valence-electron chi connectivity index (χ1n) is 12.5. The molecule has 184 valence electrons. The minimum absolute atomic E-state index is 0.00916. The zero-order chi connectivity index (χ0) is 24.7. The van der Waals surface area contributed by atoms with Crippen LogP contribution in [0.15, 0.2) is 91.0 Å². The first kappa shape index (κ1) is 24.3. The molecular formula is C30H30ClN3O2. The highest BCUT2D eigenvalue weighted by Crippen LogP contribution is 2.25. The van der Waals surface area contributed by atoms with Crippen molar-refractivity contribution >= 4 is 28.4 Å². The number of aromatic nitrogens is 1. The van der Waals surface area contributed by atoms with Crippen LogP contribution in [0.25, 0.3) is 10.9 Å². The van der Waals surface area contributed by atoms with Crippen molar-refractivity contribution in [1.29, 1.82) is 0 Å². The van der Waals surface area contributed by atoms with E-state index < -0.39 is 0 Å². The molecule has 36 heavy (non-hydrogen) atoms. The van der Waals surface area contributed by atoms with Crippen LogP contribution in [-0.2, 0) is 4.79 Å². The van der Waals surface area contributed by atoms with Crippen LogP contribution in [0.2, 0.25) is 5.02 Å². The maximum absolute atomic E-state index is 13.4. The van der Waals surface area contributed by atoms with Gasteiger partial charge in [0.25, 0.3) is 0 Å². The van der Waals surface area contributed by atoms with Gasteiger partial charge in [-0.25, -0.2) is 0 Å². The monoisotopic (exact) mass is 499 g/mol. The van der Waals surface area contributed by atoms with E-state index in [1.807, 2.05) is 78.9 Å². The quantitative estimate of drug-likeness (QED) is 0.328. The number of rotatable bonds is 8. The zero-order valence-corrected chi connectivity index (χ0v) is 20.9. The van der Waals surface area contributed by atoms with Gasteiger partial charge in [0.2, 0.25) is 5.91 Å². The standard InChI is InChI=1S/C30H30ClN3O2/c31-25-11-13-26(14-12-25)36-21-20-34-18-16-24(17-19-34)30(35)33-29(23-7-2-1-3-8-23)28-15-10-22-6-4-5-9-27(22)32-28/h1-15,24,29H,16-21H2,(H,33,35). The number of amides is 1. The number of nitrogens with one attached hydrogen (secondary N) is 1.